The average molecular weight is 546 g/mol. The summed E-state index contributed by atoms with van der Waals surface area (Å²) in [6.07, 6.45) is -0.840. The number of carbonyl (C=O) groups is 2. The molecule has 0 spiro atoms. The Morgan fingerprint density at radius 1 is 1.22 bits per heavy atom. The van der Waals surface area contributed by atoms with Crippen LogP contribution in [0.15, 0.2) is 57.7 Å². The molecule has 0 aromatic heterocycles. The van der Waals surface area contributed by atoms with Crippen LogP contribution in [0.1, 0.15) is 39.7 Å². The van der Waals surface area contributed by atoms with Crippen molar-refractivity contribution in [3.63, 3.8) is 0 Å². The lowest BCUT2D eigenvalue weighted by atomic mass is 9.81. The number of thioether (sulfide) groups is 1. The Bertz CT molecular complexity index is 1110. The van der Waals surface area contributed by atoms with Gasteiger partial charge in [0.15, 0.2) is 0 Å². The third-order valence-electron chi connectivity index (χ3n) is 6.36. The minimum atomic E-state index is -4.79. The maximum atomic E-state index is 13.3. The van der Waals surface area contributed by atoms with Gasteiger partial charge >= 0.3 is 12.3 Å². The van der Waals surface area contributed by atoms with Gasteiger partial charge in [-0.05, 0) is 48.1 Å². The number of hydrogen-bond acceptors (Lipinski definition) is 5. The molecular weight excluding hydrogens is 519 g/mol. The van der Waals surface area contributed by atoms with Gasteiger partial charge in [-0.15, -0.1) is 24.9 Å². The van der Waals surface area contributed by atoms with Crippen molar-refractivity contribution in [3.8, 4) is 5.75 Å². The molecular formula is C25H27ClF3NO5S. The molecule has 0 bridgehead atoms. The quantitative estimate of drug-likeness (QED) is 0.388. The highest BCUT2D eigenvalue weighted by atomic mass is 35.5. The number of aliphatic carboxylic acids is 1. The molecule has 0 fully saturated rings. The van der Waals surface area contributed by atoms with Crippen molar-refractivity contribution >= 4 is 35.2 Å². The summed E-state index contributed by atoms with van der Waals surface area (Å²) < 4.78 is 47.8. The fourth-order valence-corrected chi connectivity index (χ4v) is 5.49. The van der Waals surface area contributed by atoms with Crippen LogP contribution in [0.3, 0.4) is 0 Å². The first-order valence-electron chi connectivity index (χ1n) is 11.2. The smallest absolute Gasteiger partial charge is 0.492 e. The van der Waals surface area contributed by atoms with Gasteiger partial charge in [0.1, 0.15) is 24.2 Å². The molecule has 1 aliphatic heterocycles. The van der Waals surface area contributed by atoms with Gasteiger partial charge < -0.3 is 19.9 Å². The van der Waals surface area contributed by atoms with E-state index < -0.39 is 29.7 Å². The Morgan fingerprint density at radius 2 is 1.86 bits per heavy atom. The van der Waals surface area contributed by atoms with Crippen molar-refractivity contribution in [2.24, 2.45) is 11.3 Å². The van der Waals surface area contributed by atoms with E-state index in [9.17, 15) is 27.9 Å². The van der Waals surface area contributed by atoms with E-state index >= 15 is 0 Å². The van der Waals surface area contributed by atoms with E-state index in [1.165, 1.54) is 36.0 Å². The first kappa shape index (κ1) is 28.0. The number of carboxylic acid groups (broad SMARTS) is 1. The lowest BCUT2D eigenvalue weighted by Crippen LogP contribution is -2.50. The molecule has 1 aromatic carbocycles. The molecule has 1 aliphatic carbocycles. The van der Waals surface area contributed by atoms with E-state index in [0.29, 0.717) is 22.1 Å². The third-order valence-corrected chi connectivity index (χ3v) is 8.15. The van der Waals surface area contributed by atoms with Crippen molar-refractivity contribution in [3.05, 3.63) is 63.3 Å². The number of halogens is 4. The second-order valence-corrected chi connectivity index (χ2v) is 11.0. The summed E-state index contributed by atoms with van der Waals surface area (Å²) in [4.78, 5) is 25.2. The molecule has 2 N–H and O–H groups in total. The van der Waals surface area contributed by atoms with Crippen LogP contribution in [0.5, 0.6) is 5.75 Å². The van der Waals surface area contributed by atoms with Crippen molar-refractivity contribution in [2.75, 3.05) is 0 Å². The van der Waals surface area contributed by atoms with E-state index in [2.05, 4.69) is 10.1 Å². The van der Waals surface area contributed by atoms with Crippen molar-refractivity contribution in [2.45, 2.75) is 58.4 Å². The summed E-state index contributed by atoms with van der Waals surface area (Å²) in [5.74, 6) is -2.11. The van der Waals surface area contributed by atoms with Gasteiger partial charge in [0.2, 0.25) is 0 Å². The van der Waals surface area contributed by atoms with E-state index in [1.54, 1.807) is 19.9 Å². The molecule has 0 saturated heterocycles. The summed E-state index contributed by atoms with van der Waals surface area (Å²) in [5.41, 5.74) is 0.843. The number of allylic oxidation sites excluding steroid dienone is 1. The van der Waals surface area contributed by atoms with Crippen LogP contribution in [0.2, 0.25) is 0 Å². The van der Waals surface area contributed by atoms with Crippen LogP contribution in [0, 0.1) is 11.3 Å². The second-order valence-electron chi connectivity index (χ2n) is 9.22. The molecule has 3 rings (SSSR count). The lowest BCUT2D eigenvalue weighted by molar-refractivity contribution is -0.274. The average Bonchev–Trinajstić information content (AvgIpc) is 3.09. The second kappa shape index (κ2) is 10.8. The summed E-state index contributed by atoms with van der Waals surface area (Å²) in [7, 11) is 0. The Balaban J connectivity index is 1.89. The molecule has 0 saturated carbocycles. The topological polar surface area (TPSA) is 84.9 Å². The number of ether oxygens (including phenoxy) is 2. The predicted molar refractivity (Wildman–Crippen MR) is 131 cm³/mol. The van der Waals surface area contributed by atoms with Crippen LogP contribution < -0.4 is 10.1 Å². The number of fused-ring (bicyclic) bond motifs is 1. The Labute approximate surface area is 216 Å². The van der Waals surface area contributed by atoms with Gasteiger partial charge in [-0.1, -0.05) is 50.6 Å². The monoisotopic (exact) mass is 545 g/mol. The Hall–Kier alpha value is -2.59. The van der Waals surface area contributed by atoms with Crippen molar-refractivity contribution in [1.29, 1.82) is 0 Å². The molecule has 196 valence electrons. The van der Waals surface area contributed by atoms with E-state index in [4.69, 9.17) is 16.3 Å². The number of alkyl halides is 3. The third kappa shape index (κ3) is 6.39. The number of hydrogen-bond donors (Lipinski definition) is 2. The number of carboxylic acids is 1. The van der Waals surface area contributed by atoms with Crippen molar-refractivity contribution in [1.82, 2.24) is 5.32 Å². The highest BCUT2D eigenvalue weighted by molar-refractivity contribution is 8.05. The summed E-state index contributed by atoms with van der Waals surface area (Å²) >= 11 is 7.79. The van der Waals surface area contributed by atoms with Crippen molar-refractivity contribution < 1.29 is 37.3 Å². The zero-order valence-electron chi connectivity index (χ0n) is 20.1. The molecule has 6 nitrogen and oxygen atoms in total. The van der Waals surface area contributed by atoms with Gasteiger partial charge in [0.25, 0.3) is 5.91 Å². The number of amides is 1. The van der Waals surface area contributed by atoms with Gasteiger partial charge in [0, 0.05) is 5.25 Å². The zero-order valence-corrected chi connectivity index (χ0v) is 21.7. The van der Waals surface area contributed by atoms with Gasteiger partial charge in [0.05, 0.1) is 15.9 Å². The Morgan fingerprint density at radius 3 is 2.42 bits per heavy atom. The fourth-order valence-electron chi connectivity index (χ4n) is 3.89. The largest absolute Gasteiger partial charge is 0.573 e. The van der Waals surface area contributed by atoms with E-state index in [-0.39, 0.29) is 29.1 Å². The van der Waals surface area contributed by atoms with Gasteiger partial charge in [-0.3, -0.25) is 4.79 Å². The molecule has 0 radical (unpaired) electrons. The molecule has 3 atom stereocenters. The number of carbonyl (C=O) groups excluding carboxylic acids is 1. The summed E-state index contributed by atoms with van der Waals surface area (Å²) in [5, 5.41) is 12.3. The maximum Gasteiger partial charge on any atom is 0.573 e. The van der Waals surface area contributed by atoms with Crippen LogP contribution in [-0.2, 0) is 20.9 Å². The molecule has 36 heavy (non-hydrogen) atoms. The molecule has 1 amide bonds. The van der Waals surface area contributed by atoms with Crippen LogP contribution in [0.25, 0.3) is 0 Å². The van der Waals surface area contributed by atoms with Crippen LogP contribution in [-0.4, -0.2) is 34.6 Å². The first-order valence-corrected chi connectivity index (χ1v) is 12.5. The van der Waals surface area contributed by atoms with Gasteiger partial charge in [-0.2, -0.15) is 0 Å². The standard InChI is InChI=1S/C25H27ClF3NO5S/c1-5-24(3,4)20(23(32)33)30-22(31)16-10-11-17-18(13(2)21(26)36-17)19(16)34-12-14-6-8-15(9-7-14)35-25(27,28)29/h6-11,17-18,20H,5,12H2,1-4H3,(H,30,31)(H,32,33). The highest BCUT2D eigenvalue weighted by Gasteiger charge is 2.41. The normalized spacial score (nSPS) is 20.8. The Kier molecular flexibility index (Phi) is 8.40. The maximum absolute atomic E-state index is 13.3. The summed E-state index contributed by atoms with van der Waals surface area (Å²) in [6.45, 7) is 7.17. The van der Waals surface area contributed by atoms with Gasteiger partial charge in [-0.25, -0.2) is 4.79 Å². The minimum Gasteiger partial charge on any atom is -0.492 e. The lowest BCUT2D eigenvalue weighted by Gasteiger charge is -2.32. The summed E-state index contributed by atoms with van der Waals surface area (Å²) in [6, 6.07) is 4.08. The fraction of sp³-hybridized carbons (Fsp3) is 0.440. The highest BCUT2D eigenvalue weighted by Crippen LogP contribution is 2.50. The number of benzene rings is 1. The molecule has 1 heterocycles. The molecule has 1 aromatic rings. The number of rotatable bonds is 9. The van der Waals surface area contributed by atoms with E-state index in [1.807, 2.05) is 19.9 Å². The minimum absolute atomic E-state index is 0.0339. The zero-order chi connectivity index (χ0) is 26.8. The molecule has 3 unspecified atom stereocenters. The molecule has 11 heteroatoms. The first-order chi connectivity index (χ1) is 16.7. The number of nitrogens with one attached hydrogen (secondary N) is 1. The SMILES string of the molecule is CCC(C)(C)C(NC(=O)C1=C(OCc2ccc(OC(F)(F)F)cc2)C2C(C)=C(Cl)SC2C=C1)C(=O)O. The van der Waals surface area contributed by atoms with Crippen LogP contribution >= 0.6 is 23.4 Å². The predicted octanol–water partition coefficient (Wildman–Crippen LogP) is 6.13. The van der Waals surface area contributed by atoms with Crippen LogP contribution in [0.4, 0.5) is 13.2 Å². The molecule has 2 aliphatic rings. The van der Waals surface area contributed by atoms with E-state index in [0.717, 1.165) is 5.57 Å².